The van der Waals surface area contributed by atoms with E-state index >= 15 is 0 Å². The minimum Gasteiger partial charge on any atom is -0.488 e. The second-order valence-electron chi connectivity index (χ2n) is 8.52. The van der Waals surface area contributed by atoms with E-state index in [0.717, 1.165) is 26.2 Å². The quantitative estimate of drug-likeness (QED) is 0.523. The Morgan fingerprint density at radius 1 is 0.600 bits per heavy atom. The van der Waals surface area contributed by atoms with Gasteiger partial charge in [-0.1, -0.05) is 0 Å². The Morgan fingerprint density at radius 2 is 1.00 bits per heavy atom. The van der Waals surface area contributed by atoms with Crippen LogP contribution in [0.4, 0.5) is 0 Å². The van der Waals surface area contributed by atoms with E-state index in [1.807, 2.05) is 12.1 Å². The van der Waals surface area contributed by atoms with Gasteiger partial charge in [0.2, 0.25) is 0 Å². The zero-order chi connectivity index (χ0) is 24.3. The lowest BCUT2D eigenvalue weighted by Crippen LogP contribution is -2.36. The molecule has 35 heavy (non-hydrogen) atoms. The molecule has 4 aliphatic rings. The maximum Gasteiger partial charge on any atom is 0.162 e. The number of fused-ring (bicyclic) bond motifs is 19. The largest absolute Gasteiger partial charge is 0.488 e. The summed E-state index contributed by atoms with van der Waals surface area (Å²) >= 11 is 0. The monoisotopic (exact) mass is 491 g/mol. The summed E-state index contributed by atoms with van der Waals surface area (Å²) in [5.74, 6) is 1.66. The van der Waals surface area contributed by atoms with Gasteiger partial charge in [0.1, 0.15) is 19.0 Å². The number of benzene rings is 1. The van der Waals surface area contributed by atoms with Gasteiger partial charge < -0.3 is 34.2 Å². The van der Waals surface area contributed by atoms with Crippen LogP contribution in [0.2, 0.25) is 0 Å². The highest BCUT2D eigenvalue weighted by atomic mass is 16.5. The van der Waals surface area contributed by atoms with E-state index in [9.17, 15) is 0 Å². The van der Waals surface area contributed by atoms with Crippen molar-refractivity contribution in [1.82, 2.24) is 9.80 Å². The fourth-order valence-electron chi connectivity index (χ4n) is 4.09. The molecular weight excluding hydrogens is 454 g/mol. The third kappa shape index (κ3) is 7.86. The summed E-state index contributed by atoms with van der Waals surface area (Å²) in [7, 11) is 0. The van der Waals surface area contributed by atoms with E-state index in [1.54, 1.807) is 0 Å². The van der Waals surface area contributed by atoms with E-state index < -0.39 is 0 Å². The lowest BCUT2D eigenvalue weighted by atomic mass is 10.1. The van der Waals surface area contributed by atoms with Gasteiger partial charge in [0.15, 0.2) is 17.3 Å². The van der Waals surface area contributed by atoms with Crippen LogP contribution in [0.5, 0.6) is 11.5 Å². The molecule has 0 spiro atoms. The summed E-state index contributed by atoms with van der Waals surface area (Å²) in [4.78, 5) is 8.61. The van der Waals surface area contributed by atoms with Crippen LogP contribution < -0.4 is 15.2 Å². The van der Waals surface area contributed by atoms with Gasteiger partial charge in [0, 0.05) is 50.4 Å². The Kier molecular flexibility index (Phi) is 10.1. The van der Waals surface area contributed by atoms with Gasteiger partial charge in [-0.3, -0.25) is 15.2 Å². The molecule has 194 valence electrons. The van der Waals surface area contributed by atoms with Gasteiger partial charge in [-0.15, -0.1) is 0 Å². The van der Waals surface area contributed by atoms with Crippen LogP contribution in [0.25, 0.3) is 0 Å². The SMILES string of the molecule is N=C1N=C(N)c2cc3c(cc21)OCCN1CCOCCOCCN(CCOCCOCC1)CCO3. The molecule has 1 aromatic rings. The molecule has 1 fully saturated rings. The summed E-state index contributed by atoms with van der Waals surface area (Å²) in [6.45, 7) is 10.1. The van der Waals surface area contributed by atoms with Crippen LogP contribution in [-0.2, 0) is 18.9 Å². The van der Waals surface area contributed by atoms with E-state index in [4.69, 9.17) is 39.6 Å². The van der Waals surface area contributed by atoms with Gasteiger partial charge in [-0.2, -0.15) is 0 Å². The van der Waals surface area contributed by atoms with Gasteiger partial charge in [0.25, 0.3) is 0 Å². The van der Waals surface area contributed by atoms with Crippen molar-refractivity contribution in [1.29, 1.82) is 5.41 Å². The number of aliphatic imine (C=N–C) groups is 1. The summed E-state index contributed by atoms with van der Waals surface area (Å²) in [5, 5.41) is 8.13. The van der Waals surface area contributed by atoms with Crippen molar-refractivity contribution in [2.75, 3.05) is 105 Å². The smallest absolute Gasteiger partial charge is 0.162 e. The minimum atomic E-state index is 0.139. The van der Waals surface area contributed by atoms with Crippen molar-refractivity contribution < 1.29 is 28.4 Å². The highest BCUT2D eigenvalue weighted by molar-refractivity contribution is 6.21. The Bertz CT molecular complexity index is 847. The van der Waals surface area contributed by atoms with Crippen molar-refractivity contribution in [3.8, 4) is 11.5 Å². The van der Waals surface area contributed by atoms with Crippen molar-refractivity contribution in [3.05, 3.63) is 23.3 Å². The first-order valence-corrected chi connectivity index (χ1v) is 12.3. The van der Waals surface area contributed by atoms with Crippen LogP contribution in [-0.4, -0.2) is 127 Å². The molecule has 0 radical (unpaired) electrons. The normalized spacial score (nSPS) is 25.9. The Morgan fingerprint density at radius 3 is 1.46 bits per heavy atom. The lowest BCUT2D eigenvalue weighted by Gasteiger charge is -2.25. The zero-order valence-corrected chi connectivity index (χ0v) is 20.3. The van der Waals surface area contributed by atoms with Gasteiger partial charge >= 0.3 is 0 Å². The molecule has 1 saturated heterocycles. The maximum atomic E-state index is 8.13. The molecule has 5 rings (SSSR count). The number of hydrogen-bond donors (Lipinski definition) is 2. The molecule has 2 bridgehead atoms. The highest BCUT2D eigenvalue weighted by Gasteiger charge is 2.23. The topological polar surface area (TPSA) is 124 Å². The molecule has 0 amide bonds. The van der Waals surface area contributed by atoms with Crippen molar-refractivity contribution in [3.63, 3.8) is 0 Å². The third-order valence-corrected chi connectivity index (χ3v) is 6.13. The number of ether oxygens (including phenoxy) is 6. The number of nitrogens with one attached hydrogen (secondary N) is 1. The second kappa shape index (κ2) is 13.7. The average Bonchev–Trinajstić information content (AvgIpc) is 3.12. The molecule has 1 aromatic carbocycles. The molecule has 0 aliphatic carbocycles. The lowest BCUT2D eigenvalue weighted by molar-refractivity contribution is 0.00506. The molecular formula is C24H37N5O6. The summed E-state index contributed by atoms with van der Waals surface area (Å²) in [5.41, 5.74) is 7.39. The first-order chi connectivity index (χ1) is 17.2. The van der Waals surface area contributed by atoms with Crippen molar-refractivity contribution >= 4 is 11.7 Å². The maximum absolute atomic E-state index is 8.13. The average molecular weight is 492 g/mol. The van der Waals surface area contributed by atoms with E-state index in [-0.39, 0.29) is 5.84 Å². The predicted molar refractivity (Wildman–Crippen MR) is 131 cm³/mol. The second-order valence-corrected chi connectivity index (χ2v) is 8.52. The molecule has 3 N–H and O–H groups in total. The summed E-state index contributed by atoms with van der Waals surface area (Å²) in [6.07, 6.45) is 0. The fourth-order valence-corrected chi connectivity index (χ4v) is 4.09. The van der Waals surface area contributed by atoms with Crippen LogP contribution in [0, 0.1) is 5.41 Å². The molecule has 4 aliphatic heterocycles. The number of hydrogen-bond acceptors (Lipinski definition) is 10. The first kappa shape index (κ1) is 25.8. The Hall–Kier alpha value is -2.28. The van der Waals surface area contributed by atoms with Crippen LogP contribution in [0.15, 0.2) is 17.1 Å². The number of nitrogens with two attached hydrogens (primary N) is 1. The molecule has 4 heterocycles. The van der Waals surface area contributed by atoms with E-state index in [2.05, 4.69) is 14.8 Å². The molecule has 0 aromatic heterocycles. The van der Waals surface area contributed by atoms with Gasteiger partial charge in [-0.25, -0.2) is 4.99 Å². The van der Waals surface area contributed by atoms with Crippen LogP contribution >= 0.6 is 0 Å². The Labute approximate surface area is 206 Å². The van der Waals surface area contributed by atoms with Crippen LogP contribution in [0.1, 0.15) is 11.1 Å². The number of nitrogens with zero attached hydrogens (tertiary/aromatic N) is 3. The summed E-state index contributed by atoms with van der Waals surface area (Å²) < 4.78 is 35.5. The minimum absolute atomic E-state index is 0.139. The highest BCUT2D eigenvalue weighted by Crippen LogP contribution is 2.33. The third-order valence-electron chi connectivity index (χ3n) is 6.13. The zero-order valence-electron chi connectivity index (χ0n) is 20.3. The molecule has 0 saturated carbocycles. The predicted octanol–water partition coefficient (Wildman–Crippen LogP) is 0.186. The van der Waals surface area contributed by atoms with E-state index in [1.165, 1.54) is 0 Å². The fraction of sp³-hybridized carbons (Fsp3) is 0.667. The number of amidine groups is 2. The molecule has 11 nitrogen and oxygen atoms in total. The summed E-state index contributed by atoms with van der Waals surface area (Å²) in [6, 6.07) is 3.64. The van der Waals surface area contributed by atoms with Crippen molar-refractivity contribution in [2.45, 2.75) is 0 Å². The standard InChI is InChI=1S/C24H37N5O6/c25-23-19-17-21-22(18-20(19)24(26)27-23)35-12-6-29-3-9-32-14-13-30-7-1-28(5-11-34-21)2-8-31-15-16-33-10-4-29/h17-18H,1-16H2,(H3,25,26,27). The van der Waals surface area contributed by atoms with Crippen LogP contribution in [0.3, 0.4) is 0 Å². The van der Waals surface area contributed by atoms with Gasteiger partial charge in [0.05, 0.1) is 52.9 Å². The van der Waals surface area contributed by atoms with Gasteiger partial charge in [-0.05, 0) is 12.1 Å². The number of rotatable bonds is 0. The first-order valence-electron chi connectivity index (χ1n) is 12.3. The van der Waals surface area contributed by atoms with Crippen molar-refractivity contribution in [2.24, 2.45) is 10.7 Å². The molecule has 0 atom stereocenters. The molecule has 11 heteroatoms. The van der Waals surface area contributed by atoms with E-state index in [0.29, 0.717) is 108 Å². The Balaban J connectivity index is 1.54. The molecule has 0 unspecified atom stereocenters.